The Balaban J connectivity index is 2.13. The standard InChI is InChI=1S/C15H14FN3O2/c1-2-21-15(20)14-13(5-6-18-14)19-9-10-3-4-12(16)7-11(10)8-17/h3-7,18-19H,2,9H2,1H3. The van der Waals surface area contributed by atoms with Gasteiger partial charge in [0.05, 0.1) is 23.9 Å². The van der Waals surface area contributed by atoms with Gasteiger partial charge in [-0.25, -0.2) is 9.18 Å². The number of anilines is 1. The predicted molar refractivity (Wildman–Crippen MR) is 75.2 cm³/mol. The first-order chi connectivity index (χ1) is 10.2. The Labute approximate surface area is 121 Å². The molecule has 0 aliphatic carbocycles. The second kappa shape index (κ2) is 6.57. The average molecular weight is 287 g/mol. The number of carbonyl (C=O) groups is 1. The topological polar surface area (TPSA) is 77.9 Å². The van der Waals surface area contributed by atoms with E-state index < -0.39 is 11.8 Å². The number of esters is 1. The maximum absolute atomic E-state index is 13.1. The normalized spacial score (nSPS) is 9.95. The van der Waals surface area contributed by atoms with Crippen LogP contribution < -0.4 is 5.32 Å². The number of hydrogen-bond donors (Lipinski definition) is 2. The number of rotatable bonds is 5. The number of nitrogens with zero attached hydrogens (tertiary/aromatic N) is 1. The lowest BCUT2D eigenvalue weighted by atomic mass is 10.1. The van der Waals surface area contributed by atoms with E-state index in [0.717, 1.165) is 0 Å². The van der Waals surface area contributed by atoms with Crippen molar-refractivity contribution in [3.8, 4) is 6.07 Å². The molecule has 0 saturated carbocycles. The van der Waals surface area contributed by atoms with E-state index in [1.54, 1.807) is 19.2 Å². The summed E-state index contributed by atoms with van der Waals surface area (Å²) in [5.41, 5.74) is 1.80. The molecule has 1 aromatic carbocycles. The van der Waals surface area contributed by atoms with Crippen LogP contribution in [0.2, 0.25) is 0 Å². The van der Waals surface area contributed by atoms with E-state index in [2.05, 4.69) is 10.3 Å². The second-order valence-electron chi connectivity index (χ2n) is 4.25. The largest absolute Gasteiger partial charge is 0.461 e. The lowest BCUT2D eigenvalue weighted by Crippen LogP contribution is -2.09. The molecule has 0 amide bonds. The smallest absolute Gasteiger partial charge is 0.356 e. The number of carbonyl (C=O) groups excluding carboxylic acids is 1. The van der Waals surface area contributed by atoms with Gasteiger partial charge in [0.25, 0.3) is 0 Å². The summed E-state index contributed by atoms with van der Waals surface area (Å²) in [4.78, 5) is 14.5. The minimum Gasteiger partial charge on any atom is -0.461 e. The number of nitriles is 1. The summed E-state index contributed by atoms with van der Waals surface area (Å²) in [5, 5.41) is 12.0. The summed E-state index contributed by atoms with van der Waals surface area (Å²) >= 11 is 0. The first-order valence-corrected chi connectivity index (χ1v) is 6.42. The molecule has 5 nitrogen and oxygen atoms in total. The van der Waals surface area contributed by atoms with Crippen molar-refractivity contribution in [3.63, 3.8) is 0 Å². The summed E-state index contributed by atoms with van der Waals surface area (Å²) in [7, 11) is 0. The van der Waals surface area contributed by atoms with Gasteiger partial charge in [0.15, 0.2) is 0 Å². The van der Waals surface area contributed by atoms with Crippen molar-refractivity contribution in [2.75, 3.05) is 11.9 Å². The Morgan fingerprint density at radius 3 is 3.00 bits per heavy atom. The number of hydrogen-bond acceptors (Lipinski definition) is 4. The first-order valence-electron chi connectivity index (χ1n) is 6.42. The molecule has 6 heteroatoms. The van der Waals surface area contributed by atoms with Crippen LogP contribution in [0.5, 0.6) is 0 Å². The van der Waals surface area contributed by atoms with Gasteiger partial charge in [0.1, 0.15) is 11.5 Å². The zero-order chi connectivity index (χ0) is 15.2. The van der Waals surface area contributed by atoms with E-state index in [9.17, 15) is 9.18 Å². The van der Waals surface area contributed by atoms with E-state index in [0.29, 0.717) is 23.5 Å². The highest BCUT2D eigenvalue weighted by Crippen LogP contribution is 2.17. The van der Waals surface area contributed by atoms with Crippen molar-refractivity contribution in [1.82, 2.24) is 4.98 Å². The van der Waals surface area contributed by atoms with Crippen LogP contribution in [0.1, 0.15) is 28.5 Å². The fourth-order valence-electron chi connectivity index (χ4n) is 1.89. The molecule has 108 valence electrons. The van der Waals surface area contributed by atoms with Gasteiger partial charge in [0.2, 0.25) is 0 Å². The fourth-order valence-corrected chi connectivity index (χ4v) is 1.89. The number of nitrogens with one attached hydrogen (secondary N) is 2. The van der Waals surface area contributed by atoms with Gasteiger partial charge in [0, 0.05) is 12.7 Å². The molecule has 2 rings (SSSR count). The van der Waals surface area contributed by atoms with Crippen LogP contribution in [0.3, 0.4) is 0 Å². The van der Waals surface area contributed by atoms with E-state index in [1.165, 1.54) is 18.2 Å². The summed E-state index contributed by atoms with van der Waals surface area (Å²) in [5.74, 6) is -0.909. The molecule has 0 radical (unpaired) electrons. The Morgan fingerprint density at radius 1 is 1.48 bits per heavy atom. The highest BCUT2D eigenvalue weighted by molar-refractivity contribution is 5.93. The average Bonchev–Trinajstić information content (AvgIpc) is 2.94. The van der Waals surface area contributed by atoms with E-state index >= 15 is 0 Å². The maximum atomic E-state index is 13.1. The molecule has 2 N–H and O–H groups in total. The summed E-state index contributed by atoms with van der Waals surface area (Å²) in [6, 6.07) is 7.65. The van der Waals surface area contributed by atoms with Crippen molar-refractivity contribution < 1.29 is 13.9 Å². The summed E-state index contributed by atoms with van der Waals surface area (Å²) in [6.07, 6.45) is 1.62. The van der Waals surface area contributed by atoms with Crippen LogP contribution in [0.4, 0.5) is 10.1 Å². The third-order valence-electron chi connectivity index (χ3n) is 2.89. The monoisotopic (exact) mass is 287 g/mol. The minimum absolute atomic E-state index is 0.260. The van der Waals surface area contributed by atoms with Crippen LogP contribution in [0, 0.1) is 17.1 Å². The summed E-state index contributed by atoms with van der Waals surface area (Å²) < 4.78 is 18.0. The van der Waals surface area contributed by atoms with Crippen molar-refractivity contribution in [1.29, 1.82) is 5.26 Å². The van der Waals surface area contributed by atoms with Gasteiger partial charge in [-0.2, -0.15) is 5.26 Å². The Bertz CT molecular complexity index is 688. The van der Waals surface area contributed by atoms with Crippen molar-refractivity contribution in [2.24, 2.45) is 0 Å². The molecule has 1 aromatic heterocycles. The molecule has 0 spiro atoms. The molecule has 0 unspecified atom stereocenters. The number of ether oxygens (including phenoxy) is 1. The van der Waals surface area contributed by atoms with Gasteiger partial charge in [-0.05, 0) is 30.7 Å². The molecule has 0 bridgehead atoms. The molecule has 21 heavy (non-hydrogen) atoms. The first kappa shape index (κ1) is 14.6. The Kier molecular flexibility index (Phi) is 4.57. The lowest BCUT2D eigenvalue weighted by molar-refractivity contribution is 0.0521. The third-order valence-corrected chi connectivity index (χ3v) is 2.89. The van der Waals surface area contributed by atoms with E-state index in [-0.39, 0.29) is 12.2 Å². The number of aromatic amines is 1. The van der Waals surface area contributed by atoms with Crippen molar-refractivity contribution in [3.05, 3.63) is 53.1 Å². The molecule has 0 aliphatic heterocycles. The zero-order valence-electron chi connectivity index (χ0n) is 11.4. The Hall–Kier alpha value is -2.81. The number of H-pyrrole nitrogens is 1. The van der Waals surface area contributed by atoms with Gasteiger partial charge < -0.3 is 15.0 Å². The molecule has 1 heterocycles. The number of halogens is 1. The van der Waals surface area contributed by atoms with Crippen molar-refractivity contribution in [2.45, 2.75) is 13.5 Å². The second-order valence-corrected chi connectivity index (χ2v) is 4.25. The number of aromatic nitrogens is 1. The lowest BCUT2D eigenvalue weighted by Gasteiger charge is -2.08. The van der Waals surface area contributed by atoms with Crippen LogP contribution in [0.15, 0.2) is 30.5 Å². The van der Waals surface area contributed by atoms with Crippen LogP contribution in [0.25, 0.3) is 0 Å². The number of benzene rings is 1. The molecule has 0 atom stereocenters. The third kappa shape index (κ3) is 3.39. The molecular formula is C15H14FN3O2. The van der Waals surface area contributed by atoms with Crippen LogP contribution >= 0.6 is 0 Å². The quantitative estimate of drug-likeness (QED) is 0.829. The molecule has 0 aliphatic rings. The highest BCUT2D eigenvalue weighted by Gasteiger charge is 2.14. The van der Waals surface area contributed by atoms with Crippen LogP contribution in [-0.2, 0) is 11.3 Å². The van der Waals surface area contributed by atoms with Gasteiger partial charge in [-0.3, -0.25) is 0 Å². The van der Waals surface area contributed by atoms with E-state index in [4.69, 9.17) is 10.00 Å². The minimum atomic E-state index is -0.454. The van der Waals surface area contributed by atoms with Gasteiger partial charge in [-0.15, -0.1) is 0 Å². The SMILES string of the molecule is CCOC(=O)c1[nH]ccc1NCc1ccc(F)cc1C#N. The van der Waals surface area contributed by atoms with Crippen LogP contribution in [-0.4, -0.2) is 17.6 Å². The summed E-state index contributed by atoms with van der Waals surface area (Å²) in [6.45, 7) is 2.31. The Morgan fingerprint density at radius 2 is 2.29 bits per heavy atom. The molecule has 0 fully saturated rings. The maximum Gasteiger partial charge on any atom is 0.356 e. The molecular weight excluding hydrogens is 273 g/mol. The van der Waals surface area contributed by atoms with Gasteiger partial charge >= 0.3 is 5.97 Å². The predicted octanol–water partition coefficient (Wildman–Crippen LogP) is 2.81. The molecule has 0 saturated heterocycles. The molecule has 2 aromatic rings. The highest BCUT2D eigenvalue weighted by atomic mass is 19.1. The fraction of sp³-hybridized carbons (Fsp3) is 0.200. The zero-order valence-corrected chi connectivity index (χ0v) is 11.4. The van der Waals surface area contributed by atoms with E-state index in [1.807, 2.05) is 6.07 Å². The van der Waals surface area contributed by atoms with Gasteiger partial charge in [-0.1, -0.05) is 6.07 Å². The van der Waals surface area contributed by atoms with Crippen molar-refractivity contribution >= 4 is 11.7 Å².